The lowest BCUT2D eigenvalue weighted by Gasteiger charge is -2.33. The summed E-state index contributed by atoms with van der Waals surface area (Å²) >= 11 is 1.40. The molecule has 0 spiro atoms. The number of nitrogens with one attached hydrogen (secondary N) is 1. The molecule has 7 heteroatoms. The minimum absolute atomic E-state index is 0.0132. The largest absolute Gasteiger partial charge is 0.392 e. The lowest BCUT2D eigenvalue weighted by molar-refractivity contribution is -0.124. The van der Waals surface area contributed by atoms with Gasteiger partial charge < -0.3 is 14.8 Å². The summed E-state index contributed by atoms with van der Waals surface area (Å²) in [5, 5.41) is 14.9. The number of aliphatic hydroxyl groups excluding tert-OH is 1. The number of hydrogen-bond acceptors (Lipinski definition) is 5. The number of imidazole rings is 1. The minimum Gasteiger partial charge on any atom is -0.392 e. The topological polar surface area (TPSA) is 79.5 Å². The first-order valence-electron chi connectivity index (χ1n) is 11.4. The Hall–Kier alpha value is -3.81. The molecule has 0 aliphatic rings. The molecule has 5 aromatic rings. The Morgan fingerprint density at radius 1 is 1.06 bits per heavy atom. The second-order valence-electron chi connectivity index (χ2n) is 9.06. The number of anilines is 1. The Labute approximate surface area is 207 Å². The first-order valence-corrected chi connectivity index (χ1v) is 12.3. The first-order chi connectivity index (χ1) is 17.0. The van der Waals surface area contributed by atoms with Gasteiger partial charge in [-0.1, -0.05) is 68.4 Å². The third-order valence-electron chi connectivity index (χ3n) is 6.36. The molecule has 6 nitrogen and oxygen atoms in total. The van der Waals surface area contributed by atoms with Crippen LogP contribution < -0.4 is 5.32 Å². The van der Waals surface area contributed by atoms with E-state index in [2.05, 4.69) is 39.7 Å². The Bertz CT molecular complexity index is 1460. The molecule has 1 amide bonds. The van der Waals surface area contributed by atoms with Gasteiger partial charge in [-0.3, -0.25) is 4.79 Å². The van der Waals surface area contributed by atoms with Gasteiger partial charge in [-0.2, -0.15) is 0 Å². The van der Waals surface area contributed by atoms with Crippen molar-refractivity contribution < 1.29 is 9.90 Å². The van der Waals surface area contributed by atoms with Gasteiger partial charge in [0.25, 0.3) is 0 Å². The van der Waals surface area contributed by atoms with E-state index in [0.29, 0.717) is 5.13 Å². The zero-order chi connectivity index (χ0) is 24.4. The normalized spacial score (nSPS) is 12.5. The molecule has 1 atom stereocenters. The van der Waals surface area contributed by atoms with Crippen LogP contribution in [0.3, 0.4) is 0 Å². The van der Waals surface area contributed by atoms with E-state index in [-0.39, 0.29) is 18.4 Å². The fourth-order valence-electron chi connectivity index (χ4n) is 4.57. The third-order valence-corrected chi connectivity index (χ3v) is 7.05. The number of thiazole rings is 1. The molecule has 5 rings (SSSR count). The van der Waals surface area contributed by atoms with Gasteiger partial charge in [0.1, 0.15) is 0 Å². The number of aromatic nitrogens is 3. The maximum atomic E-state index is 13.4. The van der Waals surface area contributed by atoms with Crippen LogP contribution in [0.25, 0.3) is 16.8 Å². The van der Waals surface area contributed by atoms with Gasteiger partial charge in [-0.05, 0) is 28.8 Å². The highest BCUT2D eigenvalue weighted by Gasteiger charge is 2.39. The molecule has 3 aromatic heterocycles. The summed E-state index contributed by atoms with van der Waals surface area (Å²) in [6.07, 6.45) is 5.53. The molecular weight excluding hydrogens is 456 g/mol. The lowest BCUT2D eigenvalue weighted by atomic mass is 9.71. The van der Waals surface area contributed by atoms with E-state index in [1.807, 2.05) is 72.2 Å². The Morgan fingerprint density at radius 2 is 1.89 bits per heavy atom. The van der Waals surface area contributed by atoms with Crippen LogP contribution in [0.5, 0.6) is 0 Å². The number of benzene rings is 2. The van der Waals surface area contributed by atoms with Crippen LogP contribution in [-0.2, 0) is 11.4 Å². The molecule has 0 saturated heterocycles. The highest BCUT2D eigenvalue weighted by Crippen LogP contribution is 2.42. The number of nitrogens with zero attached hydrogens (tertiary/aromatic N) is 3. The van der Waals surface area contributed by atoms with E-state index in [1.54, 1.807) is 12.5 Å². The number of rotatable bonds is 7. The van der Waals surface area contributed by atoms with Crippen molar-refractivity contribution in [1.29, 1.82) is 0 Å². The fraction of sp³-hybridized carbons (Fsp3) is 0.179. The van der Waals surface area contributed by atoms with Gasteiger partial charge in [0.15, 0.2) is 5.13 Å². The Morgan fingerprint density at radius 3 is 2.63 bits per heavy atom. The average Bonchev–Trinajstić information content (AvgIpc) is 3.54. The zero-order valence-electron chi connectivity index (χ0n) is 19.6. The Balaban J connectivity index is 1.57. The minimum atomic E-state index is -0.764. The second kappa shape index (κ2) is 9.44. The second-order valence-corrected chi connectivity index (χ2v) is 9.96. The van der Waals surface area contributed by atoms with Crippen LogP contribution in [0.15, 0.2) is 90.8 Å². The standard InChI is InChI=1S/C28H26N4O2S/c1-28(2,26(34)31-27-29-13-14-35-27)24(20-8-4-3-5-9-20)22-11-12-23-25(30-18-32(23)16-22)21-10-6-7-19(15-21)17-33/h3-16,18,24,33H,17H2,1-2H3,(H,29,31,34). The monoisotopic (exact) mass is 482 g/mol. The highest BCUT2D eigenvalue weighted by molar-refractivity contribution is 7.13. The van der Waals surface area contributed by atoms with Crippen LogP contribution in [0.4, 0.5) is 5.13 Å². The third kappa shape index (κ3) is 4.48. The zero-order valence-corrected chi connectivity index (χ0v) is 20.4. The summed E-state index contributed by atoms with van der Waals surface area (Å²) in [5.41, 5.74) is 4.91. The first kappa shape index (κ1) is 23.0. The molecule has 1 unspecified atom stereocenters. The van der Waals surface area contributed by atoms with Crippen molar-refractivity contribution >= 4 is 27.9 Å². The molecule has 0 aliphatic heterocycles. The molecule has 0 fully saturated rings. The number of carbonyl (C=O) groups excluding carboxylic acids is 1. The van der Waals surface area contributed by atoms with E-state index >= 15 is 0 Å². The number of amides is 1. The van der Waals surface area contributed by atoms with Crippen LogP contribution in [0.1, 0.15) is 36.5 Å². The summed E-state index contributed by atoms with van der Waals surface area (Å²) in [6, 6.07) is 22.0. The highest BCUT2D eigenvalue weighted by atomic mass is 32.1. The van der Waals surface area contributed by atoms with E-state index in [9.17, 15) is 9.90 Å². The van der Waals surface area contributed by atoms with E-state index in [0.717, 1.165) is 33.5 Å². The van der Waals surface area contributed by atoms with Crippen molar-refractivity contribution in [2.45, 2.75) is 26.4 Å². The molecule has 0 saturated carbocycles. The molecule has 35 heavy (non-hydrogen) atoms. The quantitative estimate of drug-likeness (QED) is 0.310. The summed E-state index contributed by atoms with van der Waals surface area (Å²) in [6.45, 7) is 3.93. The van der Waals surface area contributed by atoms with Gasteiger partial charge in [-0.25, -0.2) is 9.97 Å². The molecule has 0 aliphatic carbocycles. The van der Waals surface area contributed by atoms with Crippen molar-refractivity contribution in [1.82, 2.24) is 14.4 Å². The summed E-state index contributed by atoms with van der Waals surface area (Å²) in [5.74, 6) is -0.287. The van der Waals surface area contributed by atoms with Crippen LogP contribution in [0.2, 0.25) is 0 Å². The molecule has 0 radical (unpaired) electrons. The summed E-state index contributed by atoms with van der Waals surface area (Å²) in [4.78, 5) is 22.3. The fourth-order valence-corrected chi connectivity index (χ4v) is 5.10. The maximum Gasteiger partial charge on any atom is 0.232 e. The molecule has 3 heterocycles. The van der Waals surface area contributed by atoms with Crippen LogP contribution in [0, 0.1) is 5.41 Å². The molecule has 176 valence electrons. The van der Waals surface area contributed by atoms with Gasteiger partial charge in [0.05, 0.1) is 29.6 Å². The van der Waals surface area contributed by atoms with Crippen molar-refractivity contribution in [3.05, 3.63) is 108 Å². The number of aliphatic hydroxyl groups is 1. The van der Waals surface area contributed by atoms with Crippen molar-refractivity contribution in [3.63, 3.8) is 0 Å². The van der Waals surface area contributed by atoms with Gasteiger partial charge in [0, 0.05) is 29.3 Å². The number of hydrogen-bond donors (Lipinski definition) is 2. The molecule has 2 N–H and O–H groups in total. The SMILES string of the molecule is CC(C)(C(=O)Nc1nccs1)C(c1ccccc1)c1ccc2c(-c3cccc(CO)c3)ncn2c1. The molecular formula is C28H26N4O2S. The number of fused-ring (bicyclic) bond motifs is 1. The lowest BCUT2D eigenvalue weighted by Crippen LogP contribution is -2.37. The van der Waals surface area contributed by atoms with E-state index < -0.39 is 5.41 Å². The van der Waals surface area contributed by atoms with Crippen molar-refractivity contribution in [2.24, 2.45) is 5.41 Å². The number of carbonyl (C=O) groups is 1. The van der Waals surface area contributed by atoms with Crippen LogP contribution >= 0.6 is 11.3 Å². The number of pyridine rings is 1. The Kier molecular flexibility index (Phi) is 6.19. The summed E-state index contributed by atoms with van der Waals surface area (Å²) < 4.78 is 2.00. The van der Waals surface area contributed by atoms with Crippen LogP contribution in [-0.4, -0.2) is 25.4 Å². The van der Waals surface area contributed by atoms with Crippen molar-refractivity contribution in [3.8, 4) is 11.3 Å². The maximum absolute atomic E-state index is 13.4. The molecule has 0 bridgehead atoms. The predicted octanol–water partition coefficient (Wildman–Crippen LogP) is 5.75. The smallest absolute Gasteiger partial charge is 0.232 e. The van der Waals surface area contributed by atoms with Gasteiger partial charge >= 0.3 is 0 Å². The van der Waals surface area contributed by atoms with Crippen molar-refractivity contribution in [2.75, 3.05) is 5.32 Å². The summed E-state index contributed by atoms with van der Waals surface area (Å²) in [7, 11) is 0. The van der Waals surface area contributed by atoms with E-state index in [4.69, 9.17) is 0 Å². The molecule has 2 aromatic carbocycles. The van der Waals surface area contributed by atoms with Gasteiger partial charge in [0.2, 0.25) is 5.91 Å². The van der Waals surface area contributed by atoms with Gasteiger partial charge in [-0.15, -0.1) is 11.3 Å². The average molecular weight is 483 g/mol. The predicted molar refractivity (Wildman–Crippen MR) is 139 cm³/mol. The van der Waals surface area contributed by atoms with E-state index in [1.165, 1.54) is 11.3 Å².